The Hall–Kier alpha value is -3.27. The molecule has 1 atom stereocenters. The van der Waals surface area contributed by atoms with E-state index in [2.05, 4.69) is 15.6 Å². The van der Waals surface area contributed by atoms with Crippen LogP contribution in [0.4, 0.5) is 10.1 Å². The number of nitrogens with one attached hydrogen (secondary N) is 2. The van der Waals surface area contributed by atoms with E-state index < -0.39 is 23.2 Å². The molecule has 10 heteroatoms. The minimum atomic E-state index is -1.11. The van der Waals surface area contributed by atoms with Crippen LogP contribution in [0.2, 0.25) is 0 Å². The molecule has 0 radical (unpaired) electrons. The number of carbonyl (C=O) groups excluding carboxylic acids is 3. The van der Waals surface area contributed by atoms with Crippen molar-refractivity contribution in [3.8, 4) is 0 Å². The Morgan fingerprint density at radius 3 is 2.71 bits per heavy atom. The van der Waals surface area contributed by atoms with Crippen LogP contribution in [0.15, 0.2) is 24.5 Å². The molecule has 2 N–H and O–H groups in total. The van der Waals surface area contributed by atoms with Gasteiger partial charge in [-0.05, 0) is 64.7 Å². The van der Waals surface area contributed by atoms with E-state index in [9.17, 15) is 18.8 Å². The van der Waals surface area contributed by atoms with Crippen LogP contribution in [0.25, 0.3) is 0 Å². The highest BCUT2D eigenvalue weighted by Crippen LogP contribution is 2.39. The topological polar surface area (TPSA) is 106 Å². The Bertz CT molecular complexity index is 1140. The average molecular weight is 486 g/mol. The van der Waals surface area contributed by atoms with Crippen molar-refractivity contribution < 1.29 is 23.5 Å². The first-order chi connectivity index (χ1) is 16.6. The quantitative estimate of drug-likeness (QED) is 0.532. The first-order valence-corrected chi connectivity index (χ1v) is 12.0. The summed E-state index contributed by atoms with van der Waals surface area (Å²) < 4.78 is 21.0. The standard InChI is InChI=1S/C25H32FN5O4/c1-15(2)35-11-5-10-27-24(34)25(4)13-30-14-28-20(21(30)23(33)31(25)18-8-9-18)22(32)29-17-7-6-16(3)19(26)12-17/h6-7,12,14-15,18H,5,8-11,13H2,1-4H3,(H,27,34)(H,29,32)/t25-/m1/s1. The van der Waals surface area contributed by atoms with Gasteiger partial charge in [0.05, 0.1) is 19.0 Å². The monoisotopic (exact) mass is 485 g/mol. The minimum absolute atomic E-state index is 0.0464. The van der Waals surface area contributed by atoms with Crippen LogP contribution in [0, 0.1) is 12.7 Å². The molecule has 1 fully saturated rings. The van der Waals surface area contributed by atoms with Crippen LogP contribution in [-0.2, 0) is 16.1 Å². The van der Waals surface area contributed by atoms with E-state index >= 15 is 0 Å². The normalized spacial score (nSPS) is 19.6. The van der Waals surface area contributed by atoms with Gasteiger partial charge in [-0.1, -0.05) is 6.07 Å². The molecule has 0 saturated heterocycles. The molecule has 1 saturated carbocycles. The molecule has 188 valence electrons. The lowest BCUT2D eigenvalue weighted by molar-refractivity contribution is -0.133. The third kappa shape index (κ3) is 5.07. The summed E-state index contributed by atoms with van der Waals surface area (Å²) in [6.45, 7) is 8.44. The largest absolute Gasteiger partial charge is 0.379 e. The van der Waals surface area contributed by atoms with Gasteiger partial charge < -0.3 is 24.8 Å². The Labute approximate surface area is 204 Å². The summed E-state index contributed by atoms with van der Waals surface area (Å²) in [6.07, 6.45) is 3.80. The van der Waals surface area contributed by atoms with Gasteiger partial charge in [0.25, 0.3) is 11.8 Å². The van der Waals surface area contributed by atoms with Gasteiger partial charge in [0.15, 0.2) is 5.69 Å². The molecular formula is C25H32FN5O4. The van der Waals surface area contributed by atoms with Gasteiger partial charge in [-0.25, -0.2) is 9.37 Å². The first kappa shape index (κ1) is 24.8. The second kappa shape index (κ2) is 9.77. The predicted molar refractivity (Wildman–Crippen MR) is 128 cm³/mol. The van der Waals surface area contributed by atoms with Gasteiger partial charge in [0, 0.05) is 24.9 Å². The molecule has 35 heavy (non-hydrogen) atoms. The average Bonchev–Trinajstić information content (AvgIpc) is 3.53. The fraction of sp³-hybridized carbons (Fsp3) is 0.520. The van der Waals surface area contributed by atoms with Crippen LogP contribution < -0.4 is 10.6 Å². The van der Waals surface area contributed by atoms with Crippen molar-refractivity contribution in [3.63, 3.8) is 0 Å². The maximum Gasteiger partial charge on any atom is 0.276 e. The van der Waals surface area contributed by atoms with Crippen molar-refractivity contribution >= 4 is 23.4 Å². The Morgan fingerprint density at radius 1 is 1.31 bits per heavy atom. The second-order valence-corrected chi connectivity index (χ2v) is 9.70. The van der Waals surface area contributed by atoms with E-state index in [1.54, 1.807) is 35.4 Å². The third-order valence-electron chi connectivity index (χ3n) is 6.37. The number of aryl methyl sites for hydroxylation is 1. The molecule has 1 aliphatic carbocycles. The van der Waals surface area contributed by atoms with E-state index in [0.717, 1.165) is 12.8 Å². The molecular weight excluding hydrogens is 453 g/mol. The van der Waals surface area contributed by atoms with Gasteiger partial charge in [0.2, 0.25) is 5.91 Å². The van der Waals surface area contributed by atoms with E-state index in [4.69, 9.17) is 4.74 Å². The predicted octanol–water partition coefficient (Wildman–Crippen LogP) is 2.89. The number of nitrogens with zero attached hydrogens (tertiary/aromatic N) is 3. The number of rotatable bonds is 9. The number of hydrogen-bond acceptors (Lipinski definition) is 5. The van der Waals surface area contributed by atoms with E-state index in [1.807, 2.05) is 13.8 Å². The zero-order valence-electron chi connectivity index (χ0n) is 20.6. The van der Waals surface area contributed by atoms with Crippen molar-refractivity contribution in [3.05, 3.63) is 47.3 Å². The Morgan fingerprint density at radius 2 is 2.06 bits per heavy atom. The Kier molecular flexibility index (Phi) is 6.93. The molecule has 2 aromatic rings. The van der Waals surface area contributed by atoms with Gasteiger partial charge >= 0.3 is 0 Å². The van der Waals surface area contributed by atoms with Crippen molar-refractivity contribution in [1.29, 1.82) is 0 Å². The number of ether oxygens (including phenoxy) is 1. The highest BCUT2D eigenvalue weighted by Gasteiger charge is 2.53. The van der Waals surface area contributed by atoms with Crippen LogP contribution in [-0.4, -0.2) is 63.0 Å². The van der Waals surface area contributed by atoms with Crippen molar-refractivity contribution in [2.24, 2.45) is 0 Å². The maximum absolute atomic E-state index is 13.9. The van der Waals surface area contributed by atoms with Gasteiger partial charge in [-0.3, -0.25) is 14.4 Å². The Balaban J connectivity index is 1.53. The summed E-state index contributed by atoms with van der Waals surface area (Å²) >= 11 is 0. The van der Waals surface area contributed by atoms with E-state index in [0.29, 0.717) is 25.1 Å². The molecule has 0 unspecified atom stereocenters. The van der Waals surface area contributed by atoms with Gasteiger partial charge in [-0.15, -0.1) is 0 Å². The van der Waals surface area contributed by atoms with Gasteiger partial charge in [-0.2, -0.15) is 0 Å². The van der Waals surface area contributed by atoms with Crippen LogP contribution in [0.5, 0.6) is 0 Å². The number of fused-ring (bicyclic) bond motifs is 1. The smallest absolute Gasteiger partial charge is 0.276 e. The summed E-state index contributed by atoms with van der Waals surface area (Å²) in [5.41, 5.74) is -0.290. The number of halogens is 1. The number of aromatic nitrogens is 2. The lowest BCUT2D eigenvalue weighted by Gasteiger charge is -2.44. The molecule has 2 aliphatic rings. The van der Waals surface area contributed by atoms with Crippen molar-refractivity contribution in [2.45, 2.75) is 71.2 Å². The first-order valence-electron chi connectivity index (χ1n) is 12.0. The van der Waals surface area contributed by atoms with Crippen LogP contribution in [0.3, 0.4) is 0 Å². The van der Waals surface area contributed by atoms with Crippen molar-refractivity contribution in [2.75, 3.05) is 18.5 Å². The van der Waals surface area contributed by atoms with Crippen LogP contribution >= 0.6 is 0 Å². The SMILES string of the molecule is Cc1ccc(NC(=O)c2ncn3c2C(=O)N(C2CC2)[C@@](C)(C(=O)NCCCOC(C)C)C3)cc1F. The van der Waals surface area contributed by atoms with Crippen LogP contribution in [0.1, 0.15) is 66.6 Å². The lowest BCUT2D eigenvalue weighted by Crippen LogP contribution is -2.64. The number of hydrogen-bond donors (Lipinski definition) is 2. The molecule has 4 rings (SSSR count). The molecule has 0 spiro atoms. The molecule has 1 aromatic heterocycles. The third-order valence-corrected chi connectivity index (χ3v) is 6.37. The molecule has 3 amide bonds. The molecule has 1 aromatic carbocycles. The highest BCUT2D eigenvalue weighted by atomic mass is 19.1. The number of imidazole rings is 1. The zero-order valence-corrected chi connectivity index (χ0v) is 20.6. The molecule has 0 bridgehead atoms. The fourth-order valence-corrected chi connectivity index (χ4v) is 4.37. The minimum Gasteiger partial charge on any atom is -0.379 e. The van der Waals surface area contributed by atoms with Crippen molar-refractivity contribution in [1.82, 2.24) is 19.8 Å². The summed E-state index contributed by atoms with van der Waals surface area (Å²) in [4.78, 5) is 45.6. The maximum atomic E-state index is 13.9. The number of amides is 3. The molecule has 1 aliphatic heterocycles. The van der Waals surface area contributed by atoms with Gasteiger partial charge in [0.1, 0.15) is 17.1 Å². The summed E-state index contributed by atoms with van der Waals surface area (Å²) in [7, 11) is 0. The summed E-state index contributed by atoms with van der Waals surface area (Å²) in [6, 6.07) is 4.31. The summed E-state index contributed by atoms with van der Waals surface area (Å²) in [5, 5.41) is 5.56. The second-order valence-electron chi connectivity index (χ2n) is 9.70. The number of carbonyl (C=O) groups is 3. The molecule has 2 heterocycles. The lowest BCUT2D eigenvalue weighted by atomic mass is 9.94. The summed E-state index contributed by atoms with van der Waals surface area (Å²) in [5.74, 6) is -1.70. The molecule has 9 nitrogen and oxygen atoms in total. The van der Waals surface area contributed by atoms with E-state index in [-0.39, 0.29) is 41.7 Å². The van der Waals surface area contributed by atoms with E-state index in [1.165, 1.54) is 12.4 Å². The highest BCUT2D eigenvalue weighted by molar-refractivity contribution is 6.11. The fourth-order valence-electron chi connectivity index (χ4n) is 4.37. The zero-order chi connectivity index (χ0) is 25.3. The number of benzene rings is 1. The number of anilines is 1.